The van der Waals surface area contributed by atoms with Crippen LogP contribution in [0.1, 0.15) is 29.9 Å². The number of halogens is 5. The number of likely N-dealkylation sites (N-methyl/N-ethyl adjacent to an activating group) is 1. The number of aromatic nitrogens is 4. The summed E-state index contributed by atoms with van der Waals surface area (Å²) in [6, 6.07) is 4.87. The van der Waals surface area contributed by atoms with Gasteiger partial charge in [0.15, 0.2) is 17.3 Å². The average Bonchev–Trinajstić information content (AvgIpc) is 3.27. The van der Waals surface area contributed by atoms with Crippen LogP contribution in [0, 0.1) is 11.6 Å². The van der Waals surface area contributed by atoms with Gasteiger partial charge in [-0.3, -0.25) is 4.79 Å². The van der Waals surface area contributed by atoms with Crippen molar-refractivity contribution in [3.8, 4) is 11.6 Å². The van der Waals surface area contributed by atoms with E-state index in [4.69, 9.17) is 4.74 Å². The van der Waals surface area contributed by atoms with Gasteiger partial charge >= 0.3 is 6.18 Å². The summed E-state index contributed by atoms with van der Waals surface area (Å²) < 4.78 is 71.6. The van der Waals surface area contributed by atoms with Crippen molar-refractivity contribution in [1.82, 2.24) is 24.9 Å². The molecule has 0 aliphatic heterocycles. The number of pyridine rings is 1. The van der Waals surface area contributed by atoms with E-state index in [9.17, 15) is 26.7 Å². The molecule has 7 nitrogen and oxygen atoms in total. The zero-order valence-corrected chi connectivity index (χ0v) is 17.0. The van der Waals surface area contributed by atoms with Gasteiger partial charge in [0.1, 0.15) is 12.3 Å². The lowest BCUT2D eigenvalue weighted by molar-refractivity contribution is -0.144. The summed E-state index contributed by atoms with van der Waals surface area (Å²) in [6.07, 6.45) is -2.31. The summed E-state index contributed by atoms with van der Waals surface area (Å²) in [6.45, 7) is 3.23. The van der Waals surface area contributed by atoms with Gasteiger partial charge in [0.05, 0.1) is 24.0 Å². The van der Waals surface area contributed by atoms with Crippen molar-refractivity contribution in [2.75, 3.05) is 13.2 Å². The first-order valence-corrected chi connectivity index (χ1v) is 9.46. The maximum Gasteiger partial charge on any atom is 0.436 e. The standard InChI is InChI=1S/C20H18F5N5O2/c1-3-29(12(2)11-32-16-8-7-15(22)18(28-16)20(23,24)25)19(31)13-5-4-6-14(21)17(13)30-26-9-10-27-30/h4-10,12H,3,11H2,1-2H3/t12-/m0/s1. The molecule has 0 fully saturated rings. The van der Waals surface area contributed by atoms with Gasteiger partial charge in [0.25, 0.3) is 5.91 Å². The van der Waals surface area contributed by atoms with Gasteiger partial charge in [-0.25, -0.2) is 13.8 Å². The Bertz CT molecular complexity index is 1090. The second-order valence-electron chi connectivity index (χ2n) is 6.68. The number of benzene rings is 1. The van der Waals surface area contributed by atoms with E-state index < -0.39 is 41.3 Å². The lowest BCUT2D eigenvalue weighted by Crippen LogP contribution is -2.42. The maximum absolute atomic E-state index is 14.5. The molecule has 3 rings (SSSR count). The van der Waals surface area contributed by atoms with Gasteiger partial charge in [-0.2, -0.15) is 23.4 Å². The second kappa shape index (κ2) is 9.28. The zero-order valence-electron chi connectivity index (χ0n) is 17.0. The Hall–Kier alpha value is -3.57. The molecule has 0 aliphatic rings. The van der Waals surface area contributed by atoms with Gasteiger partial charge in [-0.1, -0.05) is 6.07 Å². The summed E-state index contributed by atoms with van der Waals surface area (Å²) in [4.78, 5) is 18.6. The normalized spacial score (nSPS) is 12.5. The molecule has 0 saturated heterocycles. The topological polar surface area (TPSA) is 73.1 Å². The fourth-order valence-electron chi connectivity index (χ4n) is 3.03. The van der Waals surface area contributed by atoms with Crippen molar-refractivity contribution >= 4 is 5.91 Å². The molecule has 1 aromatic carbocycles. The first kappa shape index (κ1) is 23.1. The van der Waals surface area contributed by atoms with Crippen LogP contribution in [0.5, 0.6) is 5.88 Å². The molecular formula is C20H18F5N5O2. The monoisotopic (exact) mass is 455 g/mol. The van der Waals surface area contributed by atoms with Crippen molar-refractivity contribution in [1.29, 1.82) is 0 Å². The van der Waals surface area contributed by atoms with E-state index in [0.29, 0.717) is 6.07 Å². The van der Waals surface area contributed by atoms with E-state index in [0.717, 1.165) is 16.9 Å². The van der Waals surface area contributed by atoms with Gasteiger partial charge in [-0.05, 0) is 32.0 Å². The molecule has 170 valence electrons. The van der Waals surface area contributed by atoms with Crippen molar-refractivity contribution < 1.29 is 31.5 Å². The summed E-state index contributed by atoms with van der Waals surface area (Å²) in [5, 5.41) is 7.74. The Morgan fingerprint density at radius 1 is 1.12 bits per heavy atom. The van der Waals surface area contributed by atoms with Crippen LogP contribution in [-0.4, -0.2) is 50.0 Å². The van der Waals surface area contributed by atoms with Gasteiger partial charge in [-0.15, -0.1) is 4.80 Å². The highest BCUT2D eigenvalue weighted by Gasteiger charge is 2.36. The molecular weight excluding hydrogens is 437 g/mol. The van der Waals surface area contributed by atoms with Crippen LogP contribution >= 0.6 is 0 Å². The van der Waals surface area contributed by atoms with E-state index in [1.807, 2.05) is 0 Å². The first-order chi connectivity index (χ1) is 15.1. The smallest absolute Gasteiger partial charge is 0.436 e. The number of nitrogens with zero attached hydrogens (tertiary/aromatic N) is 5. The molecule has 3 aromatic rings. The molecule has 0 N–H and O–H groups in total. The molecule has 2 aromatic heterocycles. The number of rotatable bonds is 7. The Labute approximate surface area is 179 Å². The van der Waals surface area contributed by atoms with Gasteiger partial charge in [0.2, 0.25) is 5.88 Å². The summed E-state index contributed by atoms with van der Waals surface area (Å²) in [5.41, 5.74) is -1.83. The molecule has 1 amide bonds. The molecule has 12 heteroatoms. The second-order valence-corrected chi connectivity index (χ2v) is 6.68. The third kappa shape index (κ3) is 4.84. The summed E-state index contributed by atoms with van der Waals surface area (Å²) in [7, 11) is 0. The molecule has 2 heterocycles. The molecule has 0 radical (unpaired) electrons. The van der Waals surface area contributed by atoms with E-state index in [-0.39, 0.29) is 24.4 Å². The van der Waals surface area contributed by atoms with Gasteiger partial charge in [0, 0.05) is 12.6 Å². The number of amides is 1. The maximum atomic E-state index is 14.5. The molecule has 0 saturated carbocycles. The van der Waals surface area contributed by atoms with E-state index >= 15 is 0 Å². The van der Waals surface area contributed by atoms with Crippen LogP contribution in [0.25, 0.3) is 5.69 Å². The number of para-hydroxylation sites is 1. The Morgan fingerprint density at radius 2 is 1.81 bits per heavy atom. The SMILES string of the molecule is CCN(C(=O)c1cccc(F)c1-n1nccn1)[C@@H](C)COc1ccc(F)c(C(F)(F)F)n1. The summed E-state index contributed by atoms with van der Waals surface area (Å²) >= 11 is 0. The molecule has 0 aliphatic carbocycles. The van der Waals surface area contributed by atoms with Crippen LogP contribution in [0.3, 0.4) is 0 Å². The molecule has 0 unspecified atom stereocenters. The minimum Gasteiger partial charge on any atom is -0.475 e. The lowest BCUT2D eigenvalue weighted by Gasteiger charge is -2.28. The minimum atomic E-state index is -4.98. The molecule has 1 atom stereocenters. The summed E-state index contributed by atoms with van der Waals surface area (Å²) in [5.74, 6) is -3.23. The van der Waals surface area contributed by atoms with Crippen LogP contribution in [-0.2, 0) is 6.18 Å². The largest absolute Gasteiger partial charge is 0.475 e. The van der Waals surface area contributed by atoms with E-state index in [2.05, 4.69) is 15.2 Å². The Balaban J connectivity index is 1.80. The van der Waals surface area contributed by atoms with Crippen LogP contribution in [0.2, 0.25) is 0 Å². The molecule has 0 bridgehead atoms. The van der Waals surface area contributed by atoms with Crippen molar-refractivity contribution in [3.63, 3.8) is 0 Å². The third-order valence-electron chi connectivity index (χ3n) is 4.53. The Kier molecular flexibility index (Phi) is 6.70. The number of ether oxygens (including phenoxy) is 1. The minimum absolute atomic E-state index is 0.00540. The predicted molar refractivity (Wildman–Crippen MR) is 102 cm³/mol. The van der Waals surface area contributed by atoms with Crippen molar-refractivity contribution in [3.05, 3.63) is 65.6 Å². The number of hydrogen-bond acceptors (Lipinski definition) is 5. The third-order valence-corrected chi connectivity index (χ3v) is 4.53. The number of carbonyl (C=O) groups excluding carboxylic acids is 1. The van der Waals surface area contributed by atoms with Gasteiger partial charge < -0.3 is 9.64 Å². The van der Waals surface area contributed by atoms with Crippen molar-refractivity contribution in [2.24, 2.45) is 0 Å². The lowest BCUT2D eigenvalue weighted by atomic mass is 10.1. The Morgan fingerprint density at radius 3 is 2.44 bits per heavy atom. The number of carbonyl (C=O) groups is 1. The predicted octanol–water partition coefficient (Wildman–Crippen LogP) is 3.89. The average molecular weight is 455 g/mol. The highest BCUT2D eigenvalue weighted by atomic mass is 19.4. The number of hydrogen-bond donors (Lipinski definition) is 0. The highest BCUT2D eigenvalue weighted by molar-refractivity contribution is 5.98. The highest BCUT2D eigenvalue weighted by Crippen LogP contribution is 2.31. The zero-order chi connectivity index (χ0) is 23.5. The fraction of sp³-hybridized carbons (Fsp3) is 0.300. The van der Waals surface area contributed by atoms with E-state index in [1.165, 1.54) is 29.4 Å². The fourth-order valence-corrected chi connectivity index (χ4v) is 3.03. The van der Waals surface area contributed by atoms with Crippen molar-refractivity contribution in [2.45, 2.75) is 26.1 Å². The molecule has 0 spiro atoms. The molecule has 32 heavy (non-hydrogen) atoms. The van der Waals surface area contributed by atoms with Crippen LogP contribution < -0.4 is 4.74 Å². The first-order valence-electron chi connectivity index (χ1n) is 9.46. The van der Waals surface area contributed by atoms with Crippen LogP contribution in [0.15, 0.2) is 42.7 Å². The van der Waals surface area contributed by atoms with E-state index in [1.54, 1.807) is 13.8 Å². The number of alkyl halides is 3. The quantitative estimate of drug-likeness (QED) is 0.506. The van der Waals surface area contributed by atoms with Crippen LogP contribution in [0.4, 0.5) is 22.0 Å².